The third kappa shape index (κ3) is 6.24. The molecule has 0 unspecified atom stereocenters. The molecule has 0 saturated heterocycles. The molecule has 4 aliphatic carbocycles. The maximum Gasteiger partial charge on any atom is 0.252 e. The summed E-state index contributed by atoms with van der Waals surface area (Å²) in [6, 6.07) is 35.7. The minimum atomic E-state index is -2.37. The first-order valence-corrected chi connectivity index (χ1v) is 26.8. The molecule has 0 bridgehead atoms. The van der Waals surface area contributed by atoms with Crippen LogP contribution in [0.1, 0.15) is 210 Å². The lowest BCUT2D eigenvalue weighted by Gasteiger charge is -2.48. The van der Waals surface area contributed by atoms with E-state index < -0.39 is 6.85 Å². The zero-order valence-electron chi connectivity index (χ0n) is 48.7. The second kappa shape index (κ2) is 13.9. The van der Waals surface area contributed by atoms with E-state index in [2.05, 4.69) is 218 Å². The van der Waals surface area contributed by atoms with Crippen molar-refractivity contribution in [3.05, 3.63) is 147 Å². The van der Waals surface area contributed by atoms with E-state index in [1.807, 2.05) is 0 Å². The average Bonchev–Trinajstić information content (AvgIpc) is 3.63. The van der Waals surface area contributed by atoms with Gasteiger partial charge in [0.1, 0.15) is 0 Å². The third-order valence-electron chi connectivity index (χ3n) is 19.3. The van der Waals surface area contributed by atoms with E-state index in [0.29, 0.717) is 5.56 Å². The Labute approximate surface area is 427 Å². The van der Waals surface area contributed by atoms with Gasteiger partial charge in [-0.3, -0.25) is 0 Å². The predicted molar refractivity (Wildman–Crippen MR) is 303 cm³/mol. The first kappa shape index (κ1) is 42.6. The van der Waals surface area contributed by atoms with Gasteiger partial charge in [0.15, 0.2) is 0 Å². The van der Waals surface area contributed by atoms with Crippen LogP contribution in [0.3, 0.4) is 0 Å². The summed E-state index contributed by atoms with van der Waals surface area (Å²) in [5, 5.41) is 0. The molecule has 6 aromatic carbocycles. The summed E-state index contributed by atoms with van der Waals surface area (Å²) in [6.07, 6.45) is 5.53. The Balaban J connectivity index is 1.25. The third-order valence-corrected chi connectivity index (χ3v) is 19.3. The number of aryl methyl sites for hydroxylation is 1. The fourth-order valence-corrected chi connectivity index (χ4v) is 15.4. The van der Waals surface area contributed by atoms with Crippen molar-refractivity contribution in [3.63, 3.8) is 0 Å². The highest BCUT2D eigenvalue weighted by atomic mass is 15.2. The summed E-state index contributed by atoms with van der Waals surface area (Å²) in [4.78, 5) is 5.04. The van der Waals surface area contributed by atoms with Crippen LogP contribution in [0.15, 0.2) is 91.0 Å². The number of nitrogens with zero attached hydrogens (tertiary/aromatic N) is 2. The highest BCUT2D eigenvalue weighted by Crippen LogP contribution is 2.58. The van der Waals surface area contributed by atoms with Crippen molar-refractivity contribution in [2.24, 2.45) is 0 Å². The van der Waals surface area contributed by atoms with Gasteiger partial charge >= 0.3 is 0 Å². The summed E-state index contributed by atoms with van der Waals surface area (Å²) in [5.74, 6) is 0. The fourth-order valence-electron chi connectivity index (χ4n) is 15.4. The summed E-state index contributed by atoms with van der Waals surface area (Å²) in [7, 11) is 0. The largest absolute Gasteiger partial charge is 0.311 e. The first-order valence-electron chi connectivity index (χ1n) is 28.3. The lowest BCUT2D eigenvalue weighted by molar-refractivity contribution is 0.332. The van der Waals surface area contributed by atoms with Crippen molar-refractivity contribution < 1.29 is 4.11 Å². The van der Waals surface area contributed by atoms with Crippen LogP contribution in [0, 0.1) is 6.85 Å². The zero-order chi connectivity index (χ0) is 52.5. The van der Waals surface area contributed by atoms with E-state index in [9.17, 15) is 4.11 Å². The highest BCUT2D eigenvalue weighted by Gasteiger charge is 2.51. The van der Waals surface area contributed by atoms with Gasteiger partial charge in [-0.05, 0) is 209 Å². The van der Waals surface area contributed by atoms with Crippen LogP contribution in [-0.4, -0.2) is 6.71 Å². The lowest BCUT2D eigenvalue weighted by Crippen LogP contribution is -2.62. The van der Waals surface area contributed by atoms with Crippen LogP contribution >= 0.6 is 0 Å². The molecule has 12 rings (SSSR count). The van der Waals surface area contributed by atoms with Crippen molar-refractivity contribution in [1.29, 1.82) is 0 Å². The molecule has 0 amide bonds. The van der Waals surface area contributed by atoms with Gasteiger partial charge in [0.2, 0.25) is 0 Å². The molecule has 360 valence electrons. The molecule has 0 fully saturated rings. The van der Waals surface area contributed by atoms with Crippen LogP contribution in [-0.2, 0) is 43.3 Å². The van der Waals surface area contributed by atoms with Gasteiger partial charge in [-0.15, -0.1) is 0 Å². The standard InChI is InChI=1S/C67H79BN2/c1-39-29-56-59-57(30-39)70(41-31-43-42-21-19-20-22-44(42)67(17,18)58(43)51(33-41)60(2,3)4)55-37-50-48(65(13,14)38-66(50,15)16)35-53(55)68(59)52-34-47-49(64(11,12)28-27-63(47,9)10)36-54(52)69(56)40-23-24-45-46(32-40)62(7,8)26-25-61(45,5)6/h19-24,29-37H,25-28,38H2,1-18H3/i1D3. The predicted octanol–water partition coefficient (Wildman–Crippen LogP) is 16.3. The summed E-state index contributed by atoms with van der Waals surface area (Å²) in [6.45, 7) is 38.5. The van der Waals surface area contributed by atoms with Gasteiger partial charge in [0.25, 0.3) is 6.71 Å². The number of anilines is 6. The van der Waals surface area contributed by atoms with E-state index in [-0.39, 0.29) is 50.0 Å². The molecule has 0 radical (unpaired) electrons. The van der Waals surface area contributed by atoms with Gasteiger partial charge < -0.3 is 9.80 Å². The molecule has 2 heterocycles. The topological polar surface area (TPSA) is 6.48 Å². The molecule has 0 saturated carbocycles. The molecule has 0 spiro atoms. The molecule has 2 aliphatic heterocycles. The monoisotopic (exact) mass is 926 g/mol. The van der Waals surface area contributed by atoms with Gasteiger partial charge in [0, 0.05) is 43.7 Å². The van der Waals surface area contributed by atoms with Crippen LogP contribution < -0.4 is 26.2 Å². The van der Waals surface area contributed by atoms with Crippen LogP contribution in [0.25, 0.3) is 11.1 Å². The van der Waals surface area contributed by atoms with Gasteiger partial charge in [-0.2, -0.15) is 0 Å². The summed E-state index contributed by atoms with van der Waals surface area (Å²) >= 11 is 0. The van der Waals surface area contributed by atoms with Crippen LogP contribution in [0.4, 0.5) is 34.1 Å². The van der Waals surface area contributed by atoms with E-state index in [1.54, 1.807) is 0 Å². The second-order valence-corrected chi connectivity index (χ2v) is 28.5. The quantitative estimate of drug-likeness (QED) is 0.159. The van der Waals surface area contributed by atoms with Crippen molar-refractivity contribution >= 4 is 57.2 Å². The maximum atomic E-state index is 9.34. The minimum absolute atomic E-state index is 0.0218. The number of rotatable bonds is 2. The Morgan fingerprint density at radius 3 is 1.50 bits per heavy atom. The fraction of sp³-hybridized carbons (Fsp3) is 0.463. The summed E-state index contributed by atoms with van der Waals surface area (Å²) < 4.78 is 28.0. The molecular formula is C67H79BN2. The number of hydrogen-bond acceptors (Lipinski definition) is 2. The molecular weight excluding hydrogens is 844 g/mol. The number of benzene rings is 6. The molecule has 0 aromatic heterocycles. The molecule has 0 atom stereocenters. The van der Waals surface area contributed by atoms with Crippen molar-refractivity contribution in [3.8, 4) is 11.1 Å². The zero-order valence-corrected chi connectivity index (χ0v) is 45.7. The van der Waals surface area contributed by atoms with Crippen molar-refractivity contribution in [2.45, 2.75) is 200 Å². The highest BCUT2D eigenvalue weighted by molar-refractivity contribution is 7.00. The Morgan fingerprint density at radius 1 is 0.457 bits per heavy atom. The molecule has 6 aromatic rings. The number of fused-ring (bicyclic) bond motifs is 10. The van der Waals surface area contributed by atoms with E-state index in [4.69, 9.17) is 0 Å². The first-order chi connectivity index (χ1) is 33.7. The number of hydrogen-bond donors (Lipinski definition) is 0. The normalized spacial score (nSPS) is 22.2. The Kier molecular flexibility index (Phi) is 8.49. The van der Waals surface area contributed by atoms with Gasteiger partial charge in [-0.1, -0.05) is 160 Å². The average molecular weight is 926 g/mol. The molecule has 3 heteroatoms. The van der Waals surface area contributed by atoms with Crippen molar-refractivity contribution in [1.82, 2.24) is 0 Å². The van der Waals surface area contributed by atoms with E-state index in [1.165, 1.54) is 83.3 Å². The van der Waals surface area contributed by atoms with Crippen molar-refractivity contribution in [2.75, 3.05) is 9.80 Å². The molecule has 6 aliphatic rings. The van der Waals surface area contributed by atoms with E-state index in [0.717, 1.165) is 60.5 Å². The van der Waals surface area contributed by atoms with Gasteiger partial charge in [-0.25, -0.2) is 0 Å². The maximum absolute atomic E-state index is 9.34. The second-order valence-electron chi connectivity index (χ2n) is 28.5. The Morgan fingerprint density at radius 2 is 0.943 bits per heavy atom. The molecule has 0 N–H and O–H groups in total. The van der Waals surface area contributed by atoms with Gasteiger partial charge in [0.05, 0.1) is 0 Å². The smallest absolute Gasteiger partial charge is 0.252 e. The van der Waals surface area contributed by atoms with Crippen LogP contribution in [0.5, 0.6) is 0 Å². The molecule has 70 heavy (non-hydrogen) atoms. The SMILES string of the molecule is [2H]C([2H])([2H])c1cc2c3c(c1)N(c1cc4c(c(C(C)(C)C)c1)C(C)(C)c1ccccc1-4)c1cc4c(cc1B3c1cc3c(cc1N2c1ccc2c(c1)C(C)(C)CCC2(C)C)C(C)(C)CCC3(C)C)C(C)(C)CC4(C)C. The lowest BCUT2D eigenvalue weighted by atomic mass is 9.33. The Bertz CT molecular complexity index is 3400. The summed E-state index contributed by atoms with van der Waals surface area (Å²) in [5.41, 5.74) is 25.3. The van der Waals surface area contributed by atoms with Crippen LogP contribution in [0.2, 0.25) is 0 Å². The molecule has 2 nitrogen and oxygen atoms in total. The minimum Gasteiger partial charge on any atom is -0.311 e. The van der Waals surface area contributed by atoms with E-state index >= 15 is 0 Å². The Hall–Kier alpha value is -5.02.